The van der Waals surface area contributed by atoms with Crippen molar-refractivity contribution < 1.29 is 19.1 Å². The zero-order valence-corrected chi connectivity index (χ0v) is 20.0. The van der Waals surface area contributed by atoms with Crippen LogP contribution in [0, 0.1) is 0 Å². The van der Waals surface area contributed by atoms with E-state index in [2.05, 4.69) is 15.2 Å². The third kappa shape index (κ3) is 3.97. The van der Waals surface area contributed by atoms with E-state index in [1.54, 1.807) is 59.5 Å². The molecule has 184 valence electrons. The number of H-pyrrole nitrogens is 1. The number of fused-ring (bicyclic) bond motifs is 2. The summed E-state index contributed by atoms with van der Waals surface area (Å²) in [7, 11) is 0. The van der Waals surface area contributed by atoms with E-state index in [4.69, 9.17) is 9.72 Å². The van der Waals surface area contributed by atoms with Gasteiger partial charge in [-0.3, -0.25) is 24.4 Å². The molecule has 0 radical (unpaired) electrons. The van der Waals surface area contributed by atoms with Gasteiger partial charge in [-0.05, 0) is 42.5 Å². The SMILES string of the molecule is CC(=O)N1C(=Cc2cc(-c3nc[nH]n3)c3cc(C(=O)N4CCOCC4)ccc3n2)C(=O)c2ccccc21. The van der Waals surface area contributed by atoms with Crippen LogP contribution in [0.1, 0.15) is 33.3 Å². The molecule has 2 aromatic heterocycles. The quantitative estimate of drug-likeness (QED) is 0.435. The van der Waals surface area contributed by atoms with Crippen LogP contribution in [-0.2, 0) is 9.53 Å². The Balaban J connectivity index is 1.47. The van der Waals surface area contributed by atoms with Crippen LogP contribution in [0.25, 0.3) is 28.4 Å². The first kappa shape index (κ1) is 22.7. The average molecular weight is 495 g/mol. The number of hydrogen-bond donors (Lipinski definition) is 1. The van der Waals surface area contributed by atoms with Crippen molar-refractivity contribution >= 4 is 40.3 Å². The Bertz CT molecular complexity index is 1590. The summed E-state index contributed by atoms with van der Waals surface area (Å²) in [6, 6.07) is 14.1. The van der Waals surface area contributed by atoms with Gasteiger partial charge in [-0.2, -0.15) is 5.10 Å². The van der Waals surface area contributed by atoms with Crippen LogP contribution in [0.5, 0.6) is 0 Å². The number of Topliss-reactive ketones (excluding diaryl/α,β-unsaturated/α-hetero) is 1. The number of carbonyl (C=O) groups is 3. The molecule has 0 spiro atoms. The van der Waals surface area contributed by atoms with E-state index >= 15 is 0 Å². The minimum absolute atomic E-state index is 0.0799. The lowest BCUT2D eigenvalue weighted by Gasteiger charge is -2.27. The number of morpholine rings is 1. The molecule has 4 aromatic rings. The van der Waals surface area contributed by atoms with Crippen molar-refractivity contribution in [3.05, 3.63) is 77.4 Å². The zero-order chi connectivity index (χ0) is 25.5. The summed E-state index contributed by atoms with van der Waals surface area (Å²) in [6.45, 7) is 3.53. The molecule has 1 saturated heterocycles. The molecule has 2 amide bonds. The summed E-state index contributed by atoms with van der Waals surface area (Å²) < 4.78 is 5.36. The number of benzene rings is 2. The van der Waals surface area contributed by atoms with E-state index in [1.807, 2.05) is 0 Å². The Morgan fingerprint density at radius 2 is 1.86 bits per heavy atom. The lowest BCUT2D eigenvalue weighted by molar-refractivity contribution is -0.116. The molecule has 2 aliphatic heterocycles. The molecule has 1 N–H and O–H groups in total. The molecule has 10 nitrogen and oxygen atoms in total. The molecule has 10 heteroatoms. The van der Waals surface area contributed by atoms with Crippen LogP contribution >= 0.6 is 0 Å². The maximum Gasteiger partial charge on any atom is 0.254 e. The number of ketones is 1. The molecule has 0 aliphatic carbocycles. The molecule has 2 aliphatic rings. The molecule has 2 aromatic carbocycles. The fourth-order valence-electron chi connectivity index (χ4n) is 4.77. The van der Waals surface area contributed by atoms with E-state index in [1.165, 1.54) is 18.2 Å². The third-order valence-electron chi connectivity index (χ3n) is 6.49. The van der Waals surface area contributed by atoms with E-state index in [0.29, 0.717) is 71.1 Å². The number of carbonyl (C=O) groups excluding carboxylic acids is 3. The van der Waals surface area contributed by atoms with Crippen molar-refractivity contribution in [3.63, 3.8) is 0 Å². The fraction of sp³-hybridized carbons (Fsp3) is 0.185. The normalized spacial score (nSPS) is 16.5. The van der Waals surface area contributed by atoms with Gasteiger partial charge in [0.25, 0.3) is 5.91 Å². The van der Waals surface area contributed by atoms with Crippen molar-refractivity contribution in [3.8, 4) is 11.4 Å². The number of nitrogens with zero attached hydrogens (tertiary/aromatic N) is 5. The zero-order valence-electron chi connectivity index (χ0n) is 20.0. The molecule has 6 rings (SSSR count). The molecule has 1 fully saturated rings. The van der Waals surface area contributed by atoms with Gasteiger partial charge in [0.15, 0.2) is 5.82 Å². The Hall–Kier alpha value is -4.70. The van der Waals surface area contributed by atoms with Gasteiger partial charge in [-0.15, -0.1) is 0 Å². The number of para-hydroxylation sites is 1. The number of rotatable bonds is 3. The van der Waals surface area contributed by atoms with Gasteiger partial charge >= 0.3 is 0 Å². The summed E-state index contributed by atoms with van der Waals surface area (Å²) in [5, 5.41) is 7.66. The summed E-state index contributed by atoms with van der Waals surface area (Å²) >= 11 is 0. The van der Waals surface area contributed by atoms with Crippen LogP contribution in [-0.4, -0.2) is 69.0 Å². The first-order chi connectivity index (χ1) is 18.0. The Morgan fingerprint density at radius 1 is 1.05 bits per heavy atom. The van der Waals surface area contributed by atoms with Crippen molar-refractivity contribution in [2.24, 2.45) is 0 Å². The second-order valence-corrected chi connectivity index (χ2v) is 8.78. The van der Waals surface area contributed by atoms with E-state index in [0.717, 1.165) is 0 Å². The Morgan fingerprint density at radius 3 is 2.62 bits per heavy atom. The number of aromatic nitrogens is 4. The fourth-order valence-corrected chi connectivity index (χ4v) is 4.77. The molecule has 0 bridgehead atoms. The molecular weight excluding hydrogens is 472 g/mol. The highest BCUT2D eigenvalue weighted by atomic mass is 16.5. The number of pyridine rings is 1. The van der Waals surface area contributed by atoms with Gasteiger partial charge < -0.3 is 9.64 Å². The van der Waals surface area contributed by atoms with E-state index in [9.17, 15) is 14.4 Å². The van der Waals surface area contributed by atoms with Crippen molar-refractivity contribution in [1.82, 2.24) is 25.1 Å². The summed E-state index contributed by atoms with van der Waals surface area (Å²) in [5.74, 6) is -0.180. The highest BCUT2D eigenvalue weighted by Gasteiger charge is 2.34. The summed E-state index contributed by atoms with van der Waals surface area (Å²) in [6.07, 6.45) is 3.07. The summed E-state index contributed by atoms with van der Waals surface area (Å²) in [4.78, 5) is 51.0. The number of aromatic amines is 1. The number of anilines is 1. The highest BCUT2D eigenvalue weighted by molar-refractivity contribution is 6.26. The number of ether oxygens (including phenoxy) is 1. The smallest absolute Gasteiger partial charge is 0.254 e. The number of hydrogen-bond acceptors (Lipinski definition) is 7. The van der Waals surface area contributed by atoms with Crippen LogP contribution in [0.4, 0.5) is 5.69 Å². The van der Waals surface area contributed by atoms with Gasteiger partial charge in [-0.25, -0.2) is 9.97 Å². The standard InChI is InChI=1S/C27H22N6O4/c1-16(34)33-23-5-3-2-4-19(23)25(35)24(33)14-18-13-21(26-28-15-29-31-26)20-12-17(6-7-22(20)30-18)27(36)32-8-10-37-11-9-32/h2-7,12-15H,8-11H2,1H3,(H,28,29,31). The lowest BCUT2D eigenvalue weighted by atomic mass is 10.0. The lowest BCUT2D eigenvalue weighted by Crippen LogP contribution is -2.40. The first-order valence-electron chi connectivity index (χ1n) is 11.9. The van der Waals surface area contributed by atoms with E-state index in [-0.39, 0.29) is 23.3 Å². The Labute approximate surface area is 211 Å². The minimum atomic E-state index is -0.272. The largest absolute Gasteiger partial charge is 0.378 e. The molecule has 37 heavy (non-hydrogen) atoms. The van der Waals surface area contributed by atoms with Crippen molar-refractivity contribution in [2.75, 3.05) is 31.2 Å². The van der Waals surface area contributed by atoms with Crippen LogP contribution in [0.3, 0.4) is 0 Å². The second kappa shape index (κ2) is 9.07. The van der Waals surface area contributed by atoms with Crippen LogP contribution in [0.15, 0.2) is 60.6 Å². The topological polar surface area (TPSA) is 121 Å². The predicted molar refractivity (Wildman–Crippen MR) is 136 cm³/mol. The number of nitrogens with one attached hydrogen (secondary N) is 1. The first-order valence-corrected chi connectivity index (χ1v) is 11.9. The van der Waals surface area contributed by atoms with Gasteiger partial charge in [0.05, 0.1) is 35.8 Å². The van der Waals surface area contributed by atoms with Gasteiger partial charge in [0.1, 0.15) is 6.33 Å². The highest BCUT2D eigenvalue weighted by Crippen LogP contribution is 2.36. The third-order valence-corrected chi connectivity index (χ3v) is 6.49. The van der Waals surface area contributed by atoms with Crippen LogP contribution < -0.4 is 4.90 Å². The second-order valence-electron chi connectivity index (χ2n) is 8.78. The molecule has 0 atom stereocenters. The monoisotopic (exact) mass is 494 g/mol. The van der Waals surface area contributed by atoms with Crippen LogP contribution in [0.2, 0.25) is 0 Å². The predicted octanol–water partition coefficient (Wildman–Crippen LogP) is 3.08. The molecule has 4 heterocycles. The average Bonchev–Trinajstić information content (AvgIpc) is 3.55. The maximum absolute atomic E-state index is 13.2. The van der Waals surface area contributed by atoms with Gasteiger partial charge in [0, 0.05) is 42.1 Å². The molecule has 0 saturated carbocycles. The molecular formula is C27H22N6O4. The van der Waals surface area contributed by atoms with Gasteiger partial charge in [0.2, 0.25) is 11.7 Å². The minimum Gasteiger partial charge on any atom is -0.378 e. The maximum atomic E-state index is 13.2. The van der Waals surface area contributed by atoms with E-state index < -0.39 is 0 Å². The number of amides is 2. The number of allylic oxidation sites excluding steroid dienone is 1. The Kier molecular flexibility index (Phi) is 5.57. The molecule has 0 unspecified atom stereocenters. The van der Waals surface area contributed by atoms with Gasteiger partial charge in [-0.1, -0.05) is 12.1 Å². The van der Waals surface area contributed by atoms with Crippen molar-refractivity contribution in [1.29, 1.82) is 0 Å². The van der Waals surface area contributed by atoms with Crippen molar-refractivity contribution in [2.45, 2.75) is 6.92 Å². The summed E-state index contributed by atoms with van der Waals surface area (Å²) in [5.41, 5.74) is 3.47.